The molecule has 0 saturated carbocycles. The van der Waals surface area contributed by atoms with Crippen LogP contribution >= 0.6 is 0 Å². The standard InChI is InChI=1S/C16H22N2O2/c19-16(20)13-5-4-9-17(11-13)15-8-10-18(12-15)14-6-2-1-3-7-14/h1-3,6-7,13,15H,4-5,8-12H2,(H,19,20). The summed E-state index contributed by atoms with van der Waals surface area (Å²) in [6.07, 6.45) is 2.99. The van der Waals surface area contributed by atoms with Gasteiger partial charge in [-0.2, -0.15) is 0 Å². The first-order chi connectivity index (χ1) is 9.74. The molecule has 3 rings (SSSR count). The van der Waals surface area contributed by atoms with Gasteiger partial charge in [-0.1, -0.05) is 18.2 Å². The van der Waals surface area contributed by atoms with Crippen LogP contribution in [0, 0.1) is 5.92 Å². The van der Waals surface area contributed by atoms with Crippen LogP contribution in [0.1, 0.15) is 19.3 Å². The van der Waals surface area contributed by atoms with Crippen LogP contribution in [0.15, 0.2) is 30.3 Å². The molecule has 2 aliphatic rings. The molecule has 0 spiro atoms. The van der Waals surface area contributed by atoms with Crippen LogP contribution in [0.5, 0.6) is 0 Å². The lowest BCUT2D eigenvalue weighted by Crippen LogP contribution is -2.45. The minimum absolute atomic E-state index is 0.172. The summed E-state index contributed by atoms with van der Waals surface area (Å²) in [6, 6.07) is 11.0. The number of carboxylic acid groups (broad SMARTS) is 1. The fraction of sp³-hybridized carbons (Fsp3) is 0.562. The number of hydrogen-bond donors (Lipinski definition) is 1. The van der Waals surface area contributed by atoms with Crippen molar-refractivity contribution in [3.8, 4) is 0 Å². The Morgan fingerprint density at radius 3 is 2.65 bits per heavy atom. The molecule has 20 heavy (non-hydrogen) atoms. The highest BCUT2D eigenvalue weighted by atomic mass is 16.4. The summed E-state index contributed by atoms with van der Waals surface area (Å²) in [4.78, 5) is 16.0. The number of carboxylic acids is 1. The smallest absolute Gasteiger partial charge is 0.307 e. The highest BCUT2D eigenvalue weighted by molar-refractivity contribution is 5.70. The first-order valence-corrected chi connectivity index (χ1v) is 7.51. The summed E-state index contributed by atoms with van der Waals surface area (Å²) in [7, 11) is 0. The molecule has 1 N–H and O–H groups in total. The van der Waals surface area contributed by atoms with Crippen molar-refractivity contribution in [3.63, 3.8) is 0 Å². The number of benzene rings is 1. The average molecular weight is 274 g/mol. The van der Waals surface area contributed by atoms with Crippen LogP contribution in [-0.2, 0) is 4.79 Å². The topological polar surface area (TPSA) is 43.8 Å². The summed E-state index contributed by atoms with van der Waals surface area (Å²) in [5.41, 5.74) is 1.28. The summed E-state index contributed by atoms with van der Waals surface area (Å²) < 4.78 is 0. The second-order valence-corrected chi connectivity index (χ2v) is 5.90. The van der Waals surface area contributed by atoms with E-state index in [1.807, 2.05) is 6.07 Å². The van der Waals surface area contributed by atoms with Crippen LogP contribution in [0.3, 0.4) is 0 Å². The van der Waals surface area contributed by atoms with Crippen LogP contribution in [0.2, 0.25) is 0 Å². The van der Waals surface area contributed by atoms with Gasteiger partial charge >= 0.3 is 5.97 Å². The zero-order chi connectivity index (χ0) is 13.9. The number of anilines is 1. The number of hydrogen-bond acceptors (Lipinski definition) is 3. The molecule has 2 atom stereocenters. The van der Waals surface area contributed by atoms with E-state index in [0.717, 1.165) is 45.4 Å². The van der Waals surface area contributed by atoms with Crippen molar-refractivity contribution in [2.24, 2.45) is 5.92 Å². The van der Waals surface area contributed by atoms with Gasteiger partial charge < -0.3 is 10.0 Å². The molecule has 2 saturated heterocycles. The maximum Gasteiger partial charge on any atom is 0.307 e. The third-order valence-corrected chi connectivity index (χ3v) is 4.60. The lowest BCUT2D eigenvalue weighted by molar-refractivity contribution is -0.143. The Bertz CT molecular complexity index is 463. The lowest BCUT2D eigenvalue weighted by Gasteiger charge is -2.35. The van der Waals surface area contributed by atoms with Crippen LogP contribution in [0.25, 0.3) is 0 Å². The second-order valence-electron chi connectivity index (χ2n) is 5.90. The van der Waals surface area contributed by atoms with Gasteiger partial charge in [-0.25, -0.2) is 0 Å². The molecule has 0 radical (unpaired) electrons. The van der Waals surface area contributed by atoms with Crippen molar-refractivity contribution in [2.45, 2.75) is 25.3 Å². The fourth-order valence-corrected chi connectivity index (χ4v) is 3.45. The van der Waals surface area contributed by atoms with E-state index in [1.54, 1.807) is 0 Å². The number of likely N-dealkylation sites (tertiary alicyclic amines) is 1. The van der Waals surface area contributed by atoms with E-state index >= 15 is 0 Å². The molecule has 2 heterocycles. The number of para-hydroxylation sites is 1. The Hall–Kier alpha value is -1.55. The monoisotopic (exact) mass is 274 g/mol. The Morgan fingerprint density at radius 2 is 1.90 bits per heavy atom. The van der Waals surface area contributed by atoms with Crippen molar-refractivity contribution in [1.29, 1.82) is 0 Å². The van der Waals surface area contributed by atoms with Gasteiger partial charge in [0.05, 0.1) is 5.92 Å². The first kappa shape index (κ1) is 13.4. The number of nitrogens with zero attached hydrogens (tertiary/aromatic N) is 2. The molecule has 4 nitrogen and oxygen atoms in total. The van der Waals surface area contributed by atoms with E-state index in [4.69, 9.17) is 0 Å². The van der Waals surface area contributed by atoms with Crippen molar-refractivity contribution >= 4 is 11.7 Å². The van der Waals surface area contributed by atoms with E-state index in [2.05, 4.69) is 34.1 Å². The molecule has 108 valence electrons. The summed E-state index contributed by atoms with van der Waals surface area (Å²) in [6.45, 7) is 3.87. The van der Waals surface area contributed by atoms with Gasteiger partial charge in [0.25, 0.3) is 0 Å². The largest absolute Gasteiger partial charge is 0.481 e. The quantitative estimate of drug-likeness (QED) is 0.916. The van der Waals surface area contributed by atoms with E-state index in [0.29, 0.717) is 6.04 Å². The molecular formula is C16H22N2O2. The molecular weight excluding hydrogens is 252 g/mol. The van der Waals surface area contributed by atoms with Gasteiger partial charge in [0.2, 0.25) is 0 Å². The number of aliphatic carboxylic acids is 1. The second kappa shape index (κ2) is 5.83. The highest BCUT2D eigenvalue weighted by Crippen LogP contribution is 2.26. The zero-order valence-corrected chi connectivity index (χ0v) is 11.7. The predicted octanol–water partition coefficient (Wildman–Crippen LogP) is 2.06. The average Bonchev–Trinajstić information content (AvgIpc) is 2.98. The maximum absolute atomic E-state index is 11.2. The summed E-state index contributed by atoms with van der Waals surface area (Å²) in [5, 5.41) is 9.19. The normalized spacial score (nSPS) is 27.7. The van der Waals surface area contributed by atoms with Crippen molar-refractivity contribution in [3.05, 3.63) is 30.3 Å². The third-order valence-electron chi connectivity index (χ3n) is 4.60. The molecule has 4 heteroatoms. The number of piperidine rings is 1. The van der Waals surface area contributed by atoms with Gasteiger partial charge in [-0.05, 0) is 37.9 Å². The molecule has 0 aliphatic carbocycles. The van der Waals surface area contributed by atoms with Gasteiger partial charge in [0.15, 0.2) is 0 Å². The maximum atomic E-state index is 11.2. The Morgan fingerprint density at radius 1 is 1.10 bits per heavy atom. The zero-order valence-electron chi connectivity index (χ0n) is 11.7. The highest BCUT2D eigenvalue weighted by Gasteiger charge is 2.33. The van der Waals surface area contributed by atoms with E-state index in [1.165, 1.54) is 5.69 Å². The van der Waals surface area contributed by atoms with E-state index in [9.17, 15) is 9.90 Å². The Labute approximate surface area is 120 Å². The Balaban J connectivity index is 1.61. The van der Waals surface area contributed by atoms with Crippen LogP contribution in [-0.4, -0.2) is 48.2 Å². The van der Waals surface area contributed by atoms with Crippen molar-refractivity contribution in [1.82, 2.24) is 4.90 Å². The molecule has 2 fully saturated rings. The minimum atomic E-state index is -0.632. The minimum Gasteiger partial charge on any atom is -0.481 e. The van der Waals surface area contributed by atoms with E-state index < -0.39 is 5.97 Å². The molecule has 1 aromatic rings. The van der Waals surface area contributed by atoms with Crippen LogP contribution in [0.4, 0.5) is 5.69 Å². The Kier molecular flexibility index (Phi) is 3.92. The number of carbonyl (C=O) groups is 1. The first-order valence-electron chi connectivity index (χ1n) is 7.51. The molecule has 2 aliphatic heterocycles. The SMILES string of the molecule is O=C(O)C1CCCN(C2CCN(c3ccccc3)C2)C1. The number of rotatable bonds is 3. The van der Waals surface area contributed by atoms with Crippen molar-refractivity contribution < 1.29 is 9.90 Å². The third kappa shape index (κ3) is 2.80. The van der Waals surface area contributed by atoms with Crippen molar-refractivity contribution in [2.75, 3.05) is 31.1 Å². The van der Waals surface area contributed by atoms with Gasteiger partial charge in [0.1, 0.15) is 0 Å². The molecule has 0 amide bonds. The molecule has 1 aromatic carbocycles. The van der Waals surface area contributed by atoms with Gasteiger partial charge in [-0.15, -0.1) is 0 Å². The molecule has 0 bridgehead atoms. The predicted molar refractivity (Wildman–Crippen MR) is 79.0 cm³/mol. The van der Waals surface area contributed by atoms with Crippen LogP contribution < -0.4 is 4.90 Å². The van der Waals surface area contributed by atoms with Gasteiger partial charge in [0, 0.05) is 31.4 Å². The molecule has 2 unspecified atom stereocenters. The lowest BCUT2D eigenvalue weighted by atomic mass is 9.96. The van der Waals surface area contributed by atoms with E-state index in [-0.39, 0.29) is 5.92 Å². The van der Waals surface area contributed by atoms with Gasteiger partial charge in [-0.3, -0.25) is 9.69 Å². The molecule has 0 aromatic heterocycles. The summed E-state index contributed by atoms with van der Waals surface area (Å²) >= 11 is 0. The summed E-state index contributed by atoms with van der Waals surface area (Å²) in [5.74, 6) is -0.804. The fourth-order valence-electron chi connectivity index (χ4n) is 3.45.